The Balaban J connectivity index is 1.27. The Bertz CT molecular complexity index is 1520. The highest BCUT2D eigenvalue weighted by atomic mass is 19.1. The number of nitrogens with zero attached hydrogens (tertiary/aromatic N) is 3. The van der Waals surface area contributed by atoms with Crippen molar-refractivity contribution < 1.29 is 18.3 Å². The molecule has 2 aromatic heterocycles. The molecule has 0 aliphatic heterocycles. The molecule has 0 fully saturated rings. The van der Waals surface area contributed by atoms with Gasteiger partial charge in [-0.15, -0.1) is 0 Å². The Morgan fingerprint density at radius 2 is 1.83 bits per heavy atom. The normalized spacial score (nSPS) is 10.8. The molecule has 3 aromatic carbocycles. The Kier molecular flexibility index (Phi) is 6.48. The maximum absolute atomic E-state index is 14.8. The molecule has 2 heterocycles. The highest BCUT2D eigenvalue weighted by Gasteiger charge is 2.13. The van der Waals surface area contributed by atoms with Gasteiger partial charge in [0.1, 0.15) is 24.6 Å². The first-order valence-corrected chi connectivity index (χ1v) is 11.0. The molecule has 0 saturated carbocycles. The Morgan fingerprint density at radius 3 is 2.67 bits per heavy atom. The second-order valence-corrected chi connectivity index (χ2v) is 7.94. The fourth-order valence-electron chi connectivity index (χ4n) is 3.58. The smallest absolute Gasteiger partial charge is 0.230 e. The summed E-state index contributed by atoms with van der Waals surface area (Å²) in [6, 6.07) is 19.6. The number of carbonyl (C=O) groups excluding carboxylic acids is 1. The van der Waals surface area contributed by atoms with Crippen LogP contribution in [0.25, 0.3) is 10.9 Å². The molecule has 0 bridgehead atoms. The van der Waals surface area contributed by atoms with Crippen molar-refractivity contribution in [3.8, 4) is 5.75 Å². The average molecular weight is 486 g/mol. The van der Waals surface area contributed by atoms with Gasteiger partial charge < -0.3 is 15.4 Å². The van der Waals surface area contributed by atoms with Gasteiger partial charge in [-0.05, 0) is 29.8 Å². The van der Waals surface area contributed by atoms with E-state index in [1.54, 1.807) is 12.1 Å². The number of rotatable bonds is 8. The summed E-state index contributed by atoms with van der Waals surface area (Å²) in [4.78, 5) is 20.7. The molecule has 36 heavy (non-hydrogen) atoms. The third-order valence-electron chi connectivity index (χ3n) is 5.26. The predicted octanol–water partition coefficient (Wildman–Crippen LogP) is 5.13. The lowest BCUT2D eigenvalue weighted by Gasteiger charge is -2.10. The number of amides is 1. The van der Waals surface area contributed by atoms with Gasteiger partial charge in [0, 0.05) is 28.9 Å². The highest BCUT2D eigenvalue weighted by molar-refractivity contribution is 5.93. The van der Waals surface area contributed by atoms with Crippen LogP contribution < -0.4 is 15.4 Å². The highest BCUT2D eigenvalue weighted by Crippen LogP contribution is 2.29. The number of anilines is 3. The average Bonchev–Trinajstić information content (AvgIpc) is 3.30. The van der Waals surface area contributed by atoms with E-state index in [2.05, 4.69) is 30.8 Å². The molecule has 0 aliphatic rings. The van der Waals surface area contributed by atoms with Crippen LogP contribution in [0.4, 0.5) is 26.1 Å². The van der Waals surface area contributed by atoms with Gasteiger partial charge in [-0.2, -0.15) is 5.10 Å². The number of halogens is 2. The molecule has 10 heteroatoms. The number of H-pyrrole nitrogens is 1. The Labute approximate surface area is 204 Å². The summed E-state index contributed by atoms with van der Waals surface area (Å²) in [5.41, 5.74) is 2.29. The van der Waals surface area contributed by atoms with Gasteiger partial charge in [-0.1, -0.05) is 36.4 Å². The molecule has 0 radical (unpaired) electrons. The van der Waals surface area contributed by atoms with E-state index in [-0.39, 0.29) is 24.7 Å². The standard InChI is InChI=1S/C26H20F2N6O2/c27-17-7-4-8-18(9-17)31-25(35)11-19-10-24(34-33-19)32-26-20-12-21(28)23(13-22(20)29-15-30-26)36-14-16-5-2-1-3-6-16/h1-10,12-13,15H,11,14H2,(H,31,35)(H2,29,30,32,33,34). The van der Waals surface area contributed by atoms with Crippen LogP contribution in [-0.2, 0) is 17.8 Å². The maximum Gasteiger partial charge on any atom is 0.230 e. The van der Waals surface area contributed by atoms with Gasteiger partial charge in [0.05, 0.1) is 11.9 Å². The van der Waals surface area contributed by atoms with E-state index in [1.807, 2.05) is 30.3 Å². The number of benzene rings is 3. The third kappa shape index (κ3) is 5.44. The van der Waals surface area contributed by atoms with E-state index in [4.69, 9.17) is 4.74 Å². The summed E-state index contributed by atoms with van der Waals surface area (Å²) in [6.45, 7) is 0.224. The summed E-state index contributed by atoms with van der Waals surface area (Å²) in [5, 5.41) is 13.0. The zero-order valence-electron chi connectivity index (χ0n) is 18.8. The van der Waals surface area contributed by atoms with Crippen LogP contribution in [0.3, 0.4) is 0 Å². The molecule has 0 saturated heterocycles. The summed E-state index contributed by atoms with van der Waals surface area (Å²) in [5.74, 6) is -0.517. The van der Waals surface area contributed by atoms with Crippen LogP contribution in [0.15, 0.2) is 79.1 Å². The fraction of sp³-hybridized carbons (Fsp3) is 0.0769. The number of aromatic amines is 1. The first-order valence-electron chi connectivity index (χ1n) is 11.0. The Morgan fingerprint density at radius 1 is 0.972 bits per heavy atom. The van der Waals surface area contributed by atoms with Crippen molar-refractivity contribution in [3.63, 3.8) is 0 Å². The monoisotopic (exact) mass is 486 g/mol. The lowest BCUT2D eigenvalue weighted by Crippen LogP contribution is -2.14. The minimum atomic E-state index is -0.548. The summed E-state index contributed by atoms with van der Waals surface area (Å²) >= 11 is 0. The van der Waals surface area contributed by atoms with Gasteiger partial charge in [0.15, 0.2) is 17.4 Å². The van der Waals surface area contributed by atoms with Crippen molar-refractivity contribution in [2.75, 3.05) is 10.6 Å². The van der Waals surface area contributed by atoms with Crippen LogP contribution in [0.2, 0.25) is 0 Å². The molecule has 0 unspecified atom stereocenters. The number of hydrogen-bond donors (Lipinski definition) is 3. The quantitative estimate of drug-likeness (QED) is 0.281. The van der Waals surface area contributed by atoms with E-state index < -0.39 is 11.6 Å². The lowest BCUT2D eigenvalue weighted by atomic mass is 10.2. The number of nitrogens with one attached hydrogen (secondary N) is 3. The van der Waals surface area contributed by atoms with E-state index >= 15 is 0 Å². The van der Waals surface area contributed by atoms with Crippen molar-refractivity contribution >= 4 is 34.1 Å². The SMILES string of the molecule is O=C(Cc1cc(Nc2ncnc3cc(OCc4ccccc4)c(F)cc23)n[nH]1)Nc1cccc(F)c1. The number of ether oxygens (including phenoxy) is 1. The van der Waals surface area contributed by atoms with Crippen molar-refractivity contribution in [3.05, 3.63) is 102 Å². The molecule has 0 atom stereocenters. The minimum absolute atomic E-state index is 0.00748. The van der Waals surface area contributed by atoms with E-state index in [9.17, 15) is 13.6 Å². The Hall–Kier alpha value is -4.86. The molecule has 5 rings (SSSR count). The second kappa shape index (κ2) is 10.2. The molecular weight excluding hydrogens is 466 g/mol. The third-order valence-corrected chi connectivity index (χ3v) is 5.26. The first kappa shape index (κ1) is 22.9. The van der Waals surface area contributed by atoms with Crippen molar-refractivity contribution in [1.82, 2.24) is 20.2 Å². The summed E-state index contributed by atoms with van der Waals surface area (Å²) < 4.78 is 33.7. The number of fused-ring (bicyclic) bond motifs is 1. The molecule has 0 aliphatic carbocycles. The maximum atomic E-state index is 14.8. The molecule has 0 spiro atoms. The van der Waals surface area contributed by atoms with Gasteiger partial charge >= 0.3 is 0 Å². The summed E-state index contributed by atoms with van der Waals surface area (Å²) in [6.07, 6.45) is 1.34. The molecule has 8 nitrogen and oxygen atoms in total. The molecular formula is C26H20F2N6O2. The minimum Gasteiger partial charge on any atom is -0.486 e. The van der Waals surface area contributed by atoms with Crippen LogP contribution >= 0.6 is 0 Å². The summed E-state index contributed by atoms with van der Waals surface area (Å²) in [7, 11) is 0. The zero-order valence-corrected chi connectivity index (χ0v) is 18.8. The number of carbonyl (C=O) groups is 1. The second-order valence-electron chi connectivity index (χ2n) is 7.94. The molecule has 5 aromatic rings. The van der Waals surface area contributed by atoms with Crippen LogP contribution in [0.5, 0.6) is 5.75 Å². The number of aromatic nitrogens is 4. The number of hydrogen-bond acceptors (Lipinski definition) is 6. The van der Waals surface area contributed by atoms with Gasteiger partial charge in [0.2, 0.25) is 5.91 Å². The first-order chi connectivity index (χ1) is 17.5. The van der Waals surface area contributed by atoms with E-state index in [0.29, 0.717) is 33.9 Å². The molecule has 3 N–H and O–H groups in total. The topological polar surface area (TPSA) is 105 Å². The van der Waals surface area contributed by atoms with Gasteiger partial charge in [0.25, 0.3) is 0 Å². The van der Waals surface area contributed by atoms with Crippen molar-refractivity contribution in [2.45, 2.75) is 13.0 Å². The van der Waals surface area contributed by atoms with Crippen LogP contribution in [0, 0.1) is 11.6 Å². The van der Waals surface area contributed by atoms with Crippen LogP contribution in [-0.4, -0.2) is 26.1 Å². The van der Waals surface area contributed by atoms with E-state index in [1.165, 1.54) is 36.7 Å². The fourth-order valence-corrected chi connectivity index (χ4v) is 3.58. The molecule has 1 amide bonds. The largest absolute Gasteiger partial charge is 0.486 e. The lowest BCUT2D eigenvalue weighted by molar-refractivity contribution is -0.115. The van der Waals surface area contributed by atoms with Crippen LogP contribution in [0.1, 0.15) is 11.3 Å². The van der Waals surface area contributed by atoms with Gasteiger partial charge in [-0.3, -0.25) is 9.89 Å². The zero-order chi connectivity index (χ0) is 24.9. The van der Waals surface area contributed by atoms with E-state index in [0.717, 1.165) is 5.56 Å². The van der Waals surface area contributed by atoms with Gasteiger partial charge in [-0.25, -0.2) is 18.7 Å². The van der Waals surface area contributed by atoms with Crippen molar-refractivity contribution in [1.29, 1.82) is 0 Å². The predicted molar refractivity (Wildman–Crippen MR) is 131 cm³/mol. The van der Waals surface area contributed by atoms with Crippen molar-refractivity contribution in [2.24, 2.45) is 0 Å². The molecule has 180 valence electrons.